The SMILES string of the molecule is CC.COCOc1ccc(/C=C/C2(C)C=C(C#N)C(=O)C(C)(C)C2)cc1. The van der Waals surface area contributed by atoms with Crippen LogP contribution >= 0.6 is 0 Å². The van der Waals surface area contributed by atoms with Crippen molar-refractivity contribution in [3.63, 3.8) is 0 Å². The van der Waals surface area contributed by atoms with Crippen molar-refractivity contribution in [2.24, 2.45) is 10.8 Å². The van der Waals surface area contributed by atoms with Gasteiger partial charge in [0.2, 0.25) is 0 Å². The molecule has 0 amide bonds. The van der Waals surface area contributed by atoms with Gasteiger partial charge in [-0.3, -0.25) is 4.79 Å². The van der Waals surface area contributed by atoms with E-state index in [1.54, 1.807) is 13.2 Å². The van der Waals surface area contributed by atoms with Crippen molar-refractivity contribution in [2.45, 2.75) is 41.0 Å². The van der Waals surface area contributed by atoms with Crippen LogP contribution in [0.2, 0.25) is 0 Å². The summed E-state index contributed by atoms with van der Waals surface area (Å²) in [5.74, 6) is 0.673. The largest absolute Gasteiger partial charge is 0.468 e. The Bertz CT molecular complexity index is 708. The molecular weight excluding hydrogens is 326 g/mol. The third-order valence-electron chi connectivity index (χ3n) is 4.16. The van der Waals surface area contributed by atoms with E-state index in [0.29, 0.717) is 6.42 Å². The molecule has 0 aliphatic heterocycles. The van der Waals surface area contributed by atoms with Gasteiger partial charge < -0.3 is 9.47 Å². The number of rotatable bonds is 5. The average Bonchev–Trinajstić information content (AvgIpc) is 2.63. The van der Waals surface area contributed by atoms with Crippen LogP contribution < -0.4 is 4.74 Å². The molecule has 0 radical (unpaired) electrons. The van der Waals surface area contributed by atoms with Crippen LogP contribution in [0.1, 0.15) is 46.6 Å². The Morgan fingerprint density at radius 3 is 2.35 bits per heavy atom. The second-order valence-electron chi connectivity index (χ2n) is 7.02. The fraction of sp³-hybridized carbons (Fsp3) is 0.455. The minimum Gasteiger partial charge on any atom is -0.468 e. The summed E-state index contributed by atoms with van der Waals surface area (Å²) in [5.41, 5.74) is 0.425. The maximum atomic E-state index is 12.2. The Labute approximate surface area is 157 Å². The lowest BCUT2D eigenvalue weighted by atomic mass is 9.65. The molecule has 0 fully saturated rings. The highest BCUT2D eigenvalue weighted by Crippen LogP contribution is 2.43. The summed E-state index contributed by atoms with van der Waals surface area (Å²) in [6.07, 6.45) is 6.53. The number of carbonyl (C=O) groups excluding carboxylic acids is 1. The molecular formula is C22H29NO3. The van der Waals surface area contributed by atoms with Gasteiger partial charge in [-0.25, -0.2) is 0 Å². The smallest absolute Gasteiger partial charge is 0.188 e. The van der Waals surface area contributed by atoms with Gasteiger partial charge in [-0.2, -0.15) is 5.26 Å². The number of benzene rings is 1. The van der Waals surface area contributed by atoms with Crippen LogP contribution in [0, 0.1) is 22.2 Å². The zero-order chi connectivity index (χ0) is 19.8. The topological polar surface area (TPSA) is 59.3 Å². The first-order valence-electron chi connectivity index (χ1n) is 8.88. The summed E-state index contributed by atoms with van der Waals surface area (Å²) in [7, 11) is 1.58. The molecule has 1 unspecified atom stereocenters. The number of methoxy groups -OCH3 is 1. The summed E-state index contributed by atoms with van der Waals surface area (Å²) in [5, 5.41) is 9.23. The van der Waals surface area contributed by atoms with Crippen molar-refractivity contribution in [1.29, 1.82) is 5.26 Å². The number of hydrogen-bond donors (Lipinski definition) is 0. The highest BCUT2D eigenvalue weighted by Gasteiger charge is 2.41. The van der Waals surface area contributed by atoms with E-state index in [4.69, 9.17) is 9.47 Å². The standard InChI is InChI=1S/C20H23NO3.C2H6/c1-19(2)13-20(3,11-16(12-21)18(19)22)10-9-15-5-7-17(8-6-15)24-14-23-4;1-2/h5-11H,13-14H2,1-4H3;1-2H3/b10-9+;. The van der Waals surface area contributed by atoms with Crippen molar-refractivity contribution in [1.82, 2.24) is 0 Å². The second-order valence-corrected chi connectivity index (χ2v) is 7.02. The van der Waals surface area contributed by atoms with Gasteiger partial charge in [0.15, 0.2) is 12.6 Å². The van der Waals surface area contributed by atoms with Crippen LogP contribution in [-0.4, -0.2) is 19.7 Å². The second kappa shape index (κ2) is 9.35. The van der Waals surface area contributed by atoms with E-state index < -0.39 is 5.41 Å². The quantitative estimate of drug-likeness (QED) is 0.684. The zero-order valence-electron chi connectivity index (χ0n) is 16.6. The van der Waals surface area contributed by atoms with E-state index in [1.807, 2.05) is 71.0 Å². The van der Waals surface area contributed by atoms with E-state index >= 15 is 0 Å². The van der Waals surface area contributed by atoms with Gasteiger partial charge in [-0.05, 0) is 24.1 Å². The molecule has 1 aliphatic rings. The number of hydrogen-bond acceptors (Lipinski definition) is 4. The van der Waals surface area contributed by atoms with Crippen LogP contribution in [0.3, 0.4) is 0 Å². The molecule has 4 nitrogen and oxygen atoms in total. The number of ether oxygens (including phenoxy) is 2. The van der Waals surface area contributed by atoms with Crippen molar-refractivity contribution in [2.75, 3.05) is 13.9 Å². The molecule has 1 aromatic rings. The minimum atomic E-state index is -0.531. The average molecular weight is 355 g/mol. The van der Waals surface area contributed by atoms with Gasteiger partial charge in [0, 0.05) is 17.9 Å². The third kappa shape index (κ3) is 5.57. The van der Waals surface area contributed by atoms with Crippen molar-refractivity contribution in [3.8, 4) is 11.8 Å². The fourth-order valence-electron chi connectivity index (χ4n) is 3.12. The Hall–Kier alpha value is -2.38. The molecule has 4 heteroatoms. The first kappa shape index (κ1) is 21.7. The summed E-state index contributed by atoms with van der Waals surface area (Å²) in [6, 6.07) is 9.72. The molecule has 26 heavy (non-hydrogen) atoms. The molecule has 1 aliphatic carbocycles. The Kier molecular flexibility index (Phi) is 7.79. The first-order chi connectivity index (χ1) is 12.3. The molecule has 0 saturated heterocycles. The monoisotopic (exact) mass is 355 g/mol. The Morgan fingerprint density at radius 2 is 1.81 bits per heavy atom. The predicted molar refractivity (Wildman–Crippen MR) is 105 cm³/mol. The number of carbonyl (C=O) groups is 1. The molecule has 0 heterocycles. The number of nitrogens with zero attached hydrogens (tertiary/aromatic N) is 1. The lowest BCUT2D eigenvalue weighted by Crippen LogP contribution is -2.36. The van der Waals surface area contributed by atoms with E-state index in [0.717, 1.165) is 11.3 Å². The van der Waals surface area contributed by atoms with Gasteiger partial charge in [0.05, 0.1) is 5.57 Å². The number of Topliss-reactive ketones (excluding diaryl/α,β-unsaturated/α-hetero) is 1. The maximum absolute atomic E-state index is 12.2. The van der Waals surface area contributed by atoms with Crippen molar-refractivity contribution in [3.05, 3.63) is 47.6 Å². The number of ketones is 1. The molecule has 2 rings (SSSR count). The predicted octanol–water partition coefficient (Wildman–Crippen LogP) is 5.16. The highest BCUT2D eigenvalue weighted by molar-refractivity contribution is 6.03. The van der Waals surface area contributed by atoms with Gasteiger partial charge in [-0.1, -0.05) is 65.0 Å². The third-order valence-corrected chi connectivity index (χ3v) is 4.16. The fourth-order valence-corrected chi connectivity index (χ4v) is 3.12. The van der Waals surface area contributed by atoms with Crippen LogP contribution in [0.4, 0.5) is 0 Å². The summed E-state index contributed by atoms with van der Waals surface area (Å²) in [6.45, 7) is 10.1. The zero-order valence-corrected chi connectivity index (χ0v) is 16.6. The molecule has 0 saturated carbocycles. The van der Waals surface area contributed by atoms with E-state index in [-0.39, 0.29) is 23.6 Å². The molecule has 0 N–H and O–H groups in total. The summed E-state index contributed by atoms with van der Waals surface area (Å²) in [4.78, 5) is 12.2. The lowest BCUT2D eigenvalue weighted by molar-refractivity contribution is -0.124. The molecule has 0 spiro atoms. The highest BCUT2D eigenvalue weighted by atomic mass is 16.7. The molecule has 1 aromatic carbocycles. The summed E-state index contributed by atoms with van der Waals surface area (Å²) < 4.78 is 10.2. The van der Waals surface area contributed by atoms with Crippen LogP contribution in [0.25, 0.3) is 6.08 Å². The van der Waals surface area contributed by atoms with Crippen molar-refractivity contribution >= 4 is 11.9 Å². The molecule has 0 aromatic heterocycles. The number of allylic oxidation sites excluding steroid dienone is 3. The number of nitriles is 1. The molecule has 1 atom stereocenters. The first-order valence-corrected chi connectivity index (χ1v) is 8.88. The van der Waals surface area contributed by atoms with Gasteiger partial charge in [-0.15, -0.1) is 0 Å². The van der Waals surface area contributed by atoms with Gasteiger partial charge in [0.1, 0.15) is 11.8 Å². The minimum absolute atomic E-state index is 0.0736. The van der Waals surface area contributed by atoms with Crippen LogP contribution in [0.15, 0.2) is 42.0 Å². The van der Waals surface area contributed by atoms with Gasteiger partial charge >= 0.3 is 0 Å². The lowest BCUT2D eigenvalue weighted by Gasteiger charge is -2.37. The normalized spacial score (nSPS) is 21.4. The maximum Gasteiger partial charge on any atom is 0.188 e. The van der Waals surface area contributed by atoms with Crippen LogP contribution in [0.5, 0.6) is 5.75 Å². The summed E-state index contributed by atoms with van der Waals surface area (Å²) >= 11 is 0. The van der Waals surface area contributed by atoms with E-state index in [1.165, 1.54) is 0 Å². The van der Waals surface area contributed by atoms with Gasteiger partial charge in [0.25, 0.3) is 0 Å². The van der Waals surface area contributed by atoms with Crippen LogP contribution in [-0.2, 0) is 9.53 Å². The van der Waals surface area contributed by atoms with Crippen molar-refractivity contribution < 1.29 is 14.3 Å². The van der Waals surface area contributed by atoms with E-state index in [9.17, 15) is 10.1 Å². The molecule has 140 valence electrons. The Balaban J connectivity index is 0.00000163. The Morgan fingerprint density at radius 1 is 1.19 bits per heavy atom. The molecule has 0 bridgehead atoms. The van der Waals surface area contributed by atoms with E-state index in [2.05, 4.69) is 6.08 Å².